The topological polar surface area (TPSA) is 26.3 Å². The van der Waals surface area contributed by atoms with Gasteiger partial charge in [-0.3, -0.25) is 4.79 Å². The summed E-state index contributed by atoms with van der Waals surface area (Å²) in [6.45, 7) is 9.33. The summed E-state index contributed by atoms with van der Waals surface area (Å²) in [5.74, 6) is 1.67. The van der Waals surface area contributed by atoms with Crippen molar-refractivity contribution in [2.45, 2.75) is 78.2 Å². The van der Waals surface area contributed by atoms with Crippen LogP contribution < -0.4 is 0 Å². The minimum Gasteiger partial charge on any atom is -0.367 e. The van der Waals surface area contributed by atoms with Crippen molar-refractivity contribution in [2.75, 3.05) is 6.61 Å². The molecule has 0 spiro atoms. The average Bonchev–Trinajstić information content (AvgIpc) is 2.28. The molecule has 1 saturated carbocycles. The fourth-order valence-electron chi connectivity index (χ4n) is 3.14. The quantitative estimate of drug-likeness (QED) is 0.674. The molecule has 1 fully saturated rings. The standard InChI is InChI=1S/C16H30O2/c1-5-18-16(11-7-9-14(4)12-16)15(17)10-6-8-13(2)3/h13-14H,5-12H2,1-4H3. The van der Waals surface area contributed by atoms with Crippen LogP contribution in [0.3, 0.4) is 0 Å². The first-order chi connectivity index (χ1) is 8.50. The van der Waals surface area contributed by atoms with Gasteiger partial charge in [-0.15, -0.1) is 0 Å². The van der Waals surface area contributed by atoms with Gasteiger partial charge in [-0.05, 0) is 44.4 Å². The van der Waals surface area contributed by atoms with Crippen LogP contribution in [0, 0.1) is 11.8 Å². The number of ketones is 1. The predicted molar refractivity (Wildman–Crippen MR) is 75.7 cm³/mol. The smallest absolute Gasteiger partial charge is 0.164 e. The summed E-state index contributed by atoms with van der Waals surface area (Å²) in [7, 11) is 0. The summed E-state index contributed by atoms with van der Waals surface area (Å²) >= 11 is 0. The van der Waals surface area contributed by atoms with Gasteiger partial charge in [0, 0.05) is 13.0 Å². The first-order valence-electron chi connectivity index (χ1n) is 7.67. The molecule has 18 heavy (non-hydrogen) atoms. The Morgan fingerprint density at radius 3 is 2.72 bits per heavy atom. The SMILES string of the molecule is CCOC1(C(=O)CCCC(C)C)CCCC(C)C1. The molecule has 1 aliphatic rings. The number of hydrogen-bond donors (Lipinski definition) is 0. The highest BCUT2D eigenvalue weighted by Gasteiger charge is 2.41. The number of carbonyl (C=O) groups is 1. The van der Waals surface area contributed by atoms with Gasteiger partial charge in [0.15, 0.2) is 5.78 Å². The molecule has 106 valence electrons. The third-order valence-corrected chi connectivity index (χ3v) is 4.07. The Morgan fingerprint density at radius 1 is 1.44 bits per heavy atom. The van der Waals surface area contributed by atoms with Gasteiger partial charge in [-0.2, -0.15) is 0 Å². The lowest BCUT2D eigenvalue weighted by Crippen LogP contribution is -2.45. The Bertz CT molecular complexity index is 256. The van der Waals surface area contributed by atoms with Crippen LogP contribution in [-0.4, -0.2) is 18.0 Å². The van der Waals surface area contributed by atoms with Crippen LogP contribution in [0.25, 0.3) is 0 Å². The Labute approximate surface area is 112 Å². The molecule has 0 aromatic rings. The monoisotopic (exact) mass is 254 g/mol. The number of Topliss-reactive ketones (excluding diaryl/α,β-unsaturated/α-hetero) is 1. The van der Waals surface area contributed by atoms with Crippen molar-refractivity contribution in [3.05, 3.63) is 0 Å². The molecular weight excluding hydrogens is 224 g/mol. The Balaban J connectivity index is 2.56. The maximum Gasteiger partial charge on any atom is 0.164 e. The van der Waals surface area contributed by atoms with Crippen LogP contribution in [0.4, 0.5) is 0 Å². The second-order valence-corrected chi connectivity index (χ2v) is 6.34. The van der Waals surface area contributed by atoms with E-state index >= 15 is 0 Å². The van der Waals surface area contributed by atoms with Gasteiger partial charge < -0.3 is 4.74 Å². The molecule has 0 amide bonds. The molecule has 0 N–H and O–H groups in total. The van der Waals surface area contributed by atoms with Gasteiger partial charge in [0.2, 0.25) is 0 Å². The maximum atomic E-state index is 12.5. The predicted octanol–water partition coefficient (Wildman–Crippen LogP) is 4.37. The molecule has 0 saturated heterocycles. The van der Waals surface area contributed by atoms with Crippen molar-refractivity contribution in [1.29, 1.82) is 0 Å². The zero-order valence-corrected chi connectivity index (χ0v) is 12.6. The van der Waals surface area contributed by atoms with Gasteiger partial charge in [-0.1, -0.05) is 33.6 Å². The first-order valence-corrected chi connectivity index (χ1v) is 7.67. The second-order valence-electron chi connectivity index (χ2n) is 6.34. The van der Waals surface area contributed by atoms with Crippen LogP contribution in [-0.2, 0) is 9.53 Å². The van der Waals surface area contributed by atoms with E-state index < -0.39 is 5.60 Å². The summed E-state index contributed by atoms with van der Waals surface area (Å²) < 4.78 is 5.91. The molecule has 1 aliphatic carbocycles. The molecule has 0 bridgehead atoms. The van der Waals surface area contributed by atoms with E-state index in [2.05, 4.69) is 20.8 Å². The molecule has 2 heteroatoms. The maximum absolute atomic E-state index is 12.5. The van der Waals surface area contributed by atoms with E-state index in [0.29, 0.717) is 30.6 Å². The van der Waals surface area contributed by atoms with E-state index in [4.69, 9.17) is 4.74 Å². The second kappa shape index (κ2) is 7.28. The number of ether oxygens (including phenoxy) is 1. The molecule has 0 aromatic heterocycles. The van der Waals surface area contributed by atoms with Gasteiger partial charge in [-0.25, -0.2) is 0 Å². The van der Waals surface area contributed by atoms with Crippen molar-refractivity contribution >= 4 is 5.78 Å². The van der Waals surface area contributed by atoms with E-state index in [1.807, 2.05) is 6.92 Å². The number of rotatable bonds is 7. The van der Waals surface area contributed by atoms with Crippen molar-refractivity contribution in [3.8, 4) is 0 Å². The van der Waals surface area contributed by atoms with Crippen LogP contribution in [0.2, 0.25) is 0 Å². The summed E-state index contributed by atoms with van der Waals surface area (Å²) in [5.41, 5.74) is -0.441. The molecule has 2 nitrogen and oxygen atoms in total. The molecule has 0 aliphatic heterocycles. The van der Waals surface area contributed by atoms with Crippen LogP contribution >= 0.6 is 0 Å². The van der Waals surface area contributed by atoms with E-state index in [0.717, 1.165) is 32.1 Å². The molecule has 0 radical (unpaired) electrons. The lowest BCUT2D eigenvalue weighted by molar-refractivity contribution is -0.151. The normalized spacial score (nSPS) is 28.6. The first kappa shape index (κ1) is 15.7. The van der Waals surface area contributed by atoms with E-state index in [1.165, 1.54) is 6.42 Å². The minimum absolute atomic E-state index is 0.358. The van der Waals surface area contributed by atoms with E-state index in [-0.39, 0.29) is 0 Å². The van der Waals surface area contributed by atoms with Crippen molar-refractivity contribution in [2.24, 2.45) is 11.8 Å². The van der Waals surface area contributed by atoms with Crippen molar-refractivity contribution in [3.63, 3.8) is 0 Å². The number of hydrogen-bond acceptors (Lipinski definition) is 2. The number of carbonyl (C=O) groups excluding carboxylic acids is 1. The molecule has 0 aromatic carbocycles. The van der Waals surface area contributed by atoms with Crippen LogP contribution in [0.15, 0.2) is 0 Å². The molecule has 2 unspecified atom stereocenters. The zero-order valence-electron chi connectivity index (χ0n) is 12.6. The highest BCUT2D eigenvalue weighted by Crippen LogP contribution is 2.37. The zero-order chi connectivity index (χ0) is 13.6. The van der Waals surface area contributed by atoms with Crippen molar-refractivity contribution in [1.82, 2.24) is 0 Å². The van der Waals surface area contributed by atoms with E-state index in [1.54, 1.807) is 0 Å². The fourth-order valence-corrected chi connectivity index (χ4v) is 3.14. The van der Waals surface area contributed by atoms with Gasteiger partial charge in [0.05, 0.1) is 0 Å². The van der Waals surface area contributed by atoms with E-state index in [9.17, 15) is 4.79 Å². The third-order valence-electron chi connectivity index (χ3n) is 4.07. The Hall–Kier alpha value is -0.370. The Kier molecular flexibility index (Phi) is 6.34. The molecule has 0 heterocycles. The Morgan fingerprint density at radius 2 is 2.17 bits per heavy atom. The summed E-state index contributed by atoms with van der Waals surface area (Å²) in [6.07, 6.45) is 7.10. The van der Waals surface area contributed by atoms with Crippen LogP contribution in [0.1, 0.15) is 72.6 Å². The highest BCUT2D eigenvalue weighted by molar-refractivity contribution is 5.87. The largest absolute Gasteiger partial charge is 0.367 e. The fraction of sp³-hybridized carbons (Fsp3) is 0.938. The van der Waals surface area contributed by atoms with Crippen LogP contribution in [0.5, 0.6) is 0 Å². The van der Waals surface area contributed by atoms with Gasteiger partial charge >= 0.3 is 0 Å². The molecule has 1 rings (SSSR count). The van der Waals surface area contributed by atoms with Gasteiger partial charge in [0.1, 0.15) is 5.60 Å². The third kappa shape index (κ3) is 4.38. The van der Waals surface area contributed by atoms with Crippen molar-refractivity contribution < 1.29 is 9.53 Å². The van der Waals surface area contributed by atoms with Gasteiger partial charge in [0.25, 0.3) is 0 Å². The lowest BCUT2D eigenvalue weighted by atomic mass is 9.75. The summed E-state index contributed by atoms with van der Waals surface area (Å²) in [5, 5.41) is 0. The summed E-state index contributed by atoms with van der Waals surface area (Å²) in [6, 6.07) is 0. The summed E-state index contributed by atoms with van der Waals surface area (Å²) in [4.78, 5) is 12.5. The molecule has 2 atom stereocenters. The average molecular weight is 254 g/mol. The minimum atomic E-state index is -0.441. The highest BCUT2D eigenvalue weighted by atomic mass is 16.5. The molecular formula is C16H30O2. The lowest BCUT2D eigenvalue weighted by Gasteiger charge is -2.38.